The first-order chi connectivity index (χ1) is 15.9. The molecule has 1 heterocycles. The predicted octanol–water partition coefficient (Wildman–Crippen LogP) is 5.27. The van der Waals surface area contributed by atoms with E-state index in [0.29, 0.717) is 34.0 Å². The van der Waals surface area contributed by atoms with E-state index in [0.717, 1.165) is 16.5 Å². The lowest BCUT2D eigenvalue weighted by Crippen LogP contribution is -2.06. The molecule has 0 saturated heterocycles. The van der Waals surface area contributed by atoms with E-state index in [-0.39, 0.29) is 12.3 Å². The van der Waals surface area contributed by atoms with Gasteiger partial charge in [0.15, 0.2) is 11.5 Å². The lowest BCUT2D eigenvalue weighted by molar-refractivity contribution is -0.384. The van der Waals surface area contributed by atoms with Crippen LogP contribution < -0.4 is 19.8 Å². The number of aryl methyl sites for hydroxylation is 1. The number of nitro benzene ring substituents is 1. The van der Waals surface area contributed by atoms with Crippen LogP contribution in [0, 0.1) is 17.0 Å². The molecule has 0 bridgehead atoms. The highest BCUT2D eigenvalue weighted by Gasteiger charge is 2.16. The third-order valence-corrected chi connectivity index (χ3v) is 5.36. The van der Waals surface area contributed by atoms with Gasteiger partial charge >= 0.3 is 5.63 Å². The Hall–Kier alpha value is -4.33. The van der Waals surface area contributed by atoms with Crippen LogP contribution in [0.1, 0.15) is 11.1 Å². The number of nitro groups is 1. The summed E-state index contributed by atoms with van der Waals surface area (Å²) in [5.41, 5.74) is 2.64. The van der Waals surface area contributed by atoms with Gasteiger partial charge < -0.3 is 18.6 Å². The normalized spacial score (nSPS) is 10.8. The van der Waals surface area contributed by atoms with E-state index in [9.17, 15) is 14.9 Å². The second-order valence-corrected chi connectivity index (χ2v) is 7.33. The van der Waals surface area contributed by atoms with Crippen LogP contribution >= 0.6 is 0 Å². The molecule has 3 aromatic carbocycles. The molecule has 4 rings (SSSR count). The van der Waals surface area contributed by atoms with Gasteiger partial charge in [0.05, 0.1) is 24.7 Å². The number of rotatable bonds is 7. The van der Waals surface area contributed by atoms with Gasteiger partial charge in [-0.2, -0.15) is 0 Å². The summed E-state index contributed by atoms with van der Waals surface area (Å²) in [6.07, 6.45) is 0. The van der Waals surface area contributed by atoms with E-state index in [1.807, 2.05) is 13.0 Å². The minimum Gasteiger partial charge on any atom is -0.493 e. The van der Waals surface area contributed by atoms with E-state index < -0.39 is 10.5 Å². The summed E-state index contributed by atoms with van der Waals surface area (Å²) < 4.78 is 22.1. The number of nitrogens with zero attached hydrogens (tertiary/aromatic N) is 1. The fraction of sp³-hybridized carbons (Fsp3) is 0.160. The lowest BCUT2D eigenvalue weighted by atomic mass is 9.99. The third-order valence-electron chi connectivity index (χ3n) is 5.36. The van der Waals surface area contributed by atoms with Crippen molar-refractivity contribution in [2.45, 2.75) is 13.5 Å². The van der Waals surface area contributed by atoms with Crippen molar-refractivity contribution >= 4 is 16.7 Å². The monoisotopic (exact) mass is 447 g/mol. The van der Waals surface area contributed by atoms with E-state index in [4.69, 9.17) is 18.6 Å². The maximum atomic E-state index is 12.8. The Morgan fingerprint density at radius 3 is 2.33 bits per heavy atom. The van der Waals surface area contributed by atoms with E-state index in [2.05, 4.69) is 0 Å². The summed E-state index contributed by atoms with van der Waals surface area (Å²) in [5, 5.41) is 11.5. The minimum atomic E-state index is -0.452. The van der Waals surface area contributed by atoms with Crippen molar-refractivity contribution < 1.29 is 23.6 Å². The van der Waals surface area contributed by atoms with Crippen molar-refractivity contribution in [1.82, 2.24) is 0 Å². The molecule has 0 amide bonds. The van der Waals surface area contributed by atoms with Gasteiger partial charge in [0.1, 0.15) is 17.9 Å². The van der Waals surface area contributed by atoms with E-state index in [1.54, 1.807) is 49.6 Å². The van der Waals surface area contributed by atoms with Gasteiger partial charge in [-0.3, -0.25) is 10.1 Å². The van der Waals surface area contributed by atoms with Gasteiger partial charge in [0, 0.05) is 17.5 Å². The molecule has 1 aromatic heterocycles. The smallest absolute Gasteiger partial charge is 0.344 e. The summed E-state index contributed by atoms with van der Waals surface area (Å²) in [7, 11) is 3.08. The molecule has 4 aromatic rings. The number of benzene rings is 3. The van der Waals surface area contributed by atoms with Gasteiger partial charge in [-0.15, -0.1) is 0 Å². The van der Waals surface area contributed by atoms with Crippen molar-refractivity contribution in [3.63, 3.8) is 0 Å². The van der Waals surface area contributed by atoms with Crippen molar-refractivity contribution in [1.29, 1.82) is 0 Å². The van der Waals surface area contributed by atoms with E-state index >= 15 is 0 Å². The molecule has 33 heavy (non-hydrogen) atoms. The molecule has 0 aliphatic carbocycles. The number of hydrogen-bond acceptors (Lipinski definition) is 7. The third kappa shape index (κ3) is 4.36. The van der Waals surface area contributed by atoms with E-state index in [1.165, 1.54) is 19.2 Å². The number of ether oxygens (including phenoxy) is 3. The van der Waals surface area contributed by atoms with Gasteiger partial charge in [-0.25, -0.2) is 4.79 Å². The van der Waals surface area contributed by atoms with Crippen LogP contribution in [0.3, 0.4) is 0 Å². The highest BCUT2D eigenvalue weighted by molar-refractivity contribution is 5.88. The fourth-order valence-electron chi connectivity index (χ4n) is 3.63. The molecular formula is C25H21NO7. The van der Waals surface area contributed by atoms with Crippen LogP contribution in [-0.4, -0.2) is 19.1 Å². The molecule has 0 aliphatic rings. The van der Waals surface area contributed by atoms with Crippen LogP contribution in [-0.2, 0) is 6.61 Å². The van der Waals surface area contributed by atoms with Crippen molar-refractivity contribution in [3.8, 4) is 28.4 Å². The number of hydrogen-bond donors (Lipinski definition) is 0. The maximum absolute atomic E-state index is 12.8. The molecular weight excluding hydrogens is 426 g/mol. The van der Waals surface area contributed by atoms with Crippen molar-refractivity contribution in [2.24, 2.45) is 0 Å². The first-order valence-corrected chi connectivity index (χ1v) is 10.1. The van der Waals surface area contributed by atoms with Crippen LogP contribution in [0.15, 0.2) is 69.9 Å². The Balaban J connectivity index is 1.67. The first kappa shape index (κ1) is 21.9. The van der Waals surface area contributed by atoms with Crippen LogP contribution in [0.5, 0.6) is 17.2 Å². The number of fused-ring (bicyclic) bond motifs is 1. The Morgan fingerprint density at radius 1 is 0.939 bits per heavy atom. The van der Waals surface area contributed by atoms with Crippen LogP contribution in [0.2, 0.25) is 0 Å². The summed E-state index contributed by atoms with van der Waals surface area (Å²) in [6.45, 7) is 2.09. The average Bonchev–Trinajstić information content (AvgIpc) is 2.83. The Kier molecular flexibility index (Phi) is 5.99. The number of methoxy groups -OCH3 is 2. The summed E-state index contributed by atoms with van der Waals surface area (Å²) >= 11 is 0. The van der Waals surface area contributed by atoms with Gasteiger partial charge in [-0.05, 0) is 66.1 Å². The topological polar surface area (TPSA) is 101 Å². The molecule has 8 heteroatoms. The Labute approximate surface area is 189 Å². The van der Waals surface area contributed by atoms with Crippen LogP contribution in [0.25, 0.3) is 22.1 Å². The molecule has 0 N–H and O–H groups in total. The molecule has 0 aliphatic heterocycles. The average molecular weight is 447 g/mol. The fourth-order valence-corrected chi connectivity index (χ4v) is 3.63. The molecule has 0 unspecified atom stereocenters. The molecule has 0 saturated carbocycles. The van der Waals surface area contributed by atoms with Gasteiger partial charge in [-0.1, -0.05) is 6.07 Å². The standard InChI is InChI=1S/C25H21NO7/c1-15-20-13-19(32-14-16-4-7-18(8-5-16)26(28)29)9-11-21(20)33-25(27)24(15)17-6-10-22(30-2)23(12-17)31-3/h4-13H,14H2,1-3H3. The second kappa shape index (κ2) is 9.04. The largest absolute Gasteiger partial charge is 0.493 e. The zero-order valence-electron chi connectivity index (χ0n) is 18.3. The predicted molar refractivity (Wildman–Crippen MR) is 123 cm³/mol. The quantitative estimate of drug-likeness (QED) is 0.216. The van der Waals surface area contributed by atoms with Crippen molar-refractivity contribution in [3.05, 3.63) is 92.3 Å². The molecule has 0 radical (unpaired) electrons. The number of non-ortho nitro benzene ring substituents is 1. The Morgan fingerprint density at radius 2 is 1.67 bits per heavy atom. The molecule has 0 spiro atoms. The lowest BCUT2D eigenvalue weighted by Gasteiger charge is -2.13. The maximum Gasteiger partial charge on any atom is 0.344 e. The molecule has 0 atom stereocenters. The second-order valence-electron chi connectivity index (χ2n) is 7.33. The van der Waals surface area contributed by atoms with Gasteiger partial charge in [0.2, 0.25) is 0 Å². The van der Waals surface area contributed by atoms with Gasteiger partial charge in [0.25, 0.3) is 5.69 Å². The summed E-state index contributed by atoms with van der Waals surface area (Å²) in [5.74, 6) is 1.65. The summed E-state index contributed by atoms with van der Waals surface area (Å²) in [4.78, 5) is 23.1. The van der Waals surface area contributed by atoms with Crippen LogP contribution in [0.4, 0.5) is 5.69 Å². The zero-order valence-corrected chi connectivity index (χ0v) is 18.3. The van der Waals surface area contributed by atoms with Crippen molar-refractivity contribution in [2.75, 3.05) is 14.2 Å². The molecule has 0 fully saturated rings. The SMILES string of the molecule is COc1ccc(-c2c(C)c3cc(OCc4ccc([N+](=O)[O-])cc4)ccc3oc2=O)cc1OC. The molecule has 8 nitrogen and oxygen atoms in total. The first-order valence-electron chi connectivity index (χ1n) is 10.1. The molecule has 168 valence electrons. The Bertz CT molecular complexity index is 1390. The highest BCUT2D eigenvalue weighted by atomic mass is 16.6. The highest BCUT2D eigenvalue weighted by Crippen LogP contribution is 2.34. The summed E-state index contributed by atoms with van der Waals surface area (Å²) in [6, 6.07) is 16.6. The minimum absolute atomic E-state index is 0.0257. The zero-order chi connectivity index (χ0) is 23.5.